The van der Waals surface area contributed by atoms with E-state index in [0.29, 0.717) is 55.9 Å². The topological polar surface area (TPSA) is 135 Å². The van der Waals surface area contributed by atoms with Crippen molar-refractivity contribution in [1.29, 1.82) is 0 Å². The van der Waals surface area contributed by atoms with Crippen LogP contribution in [0.25, 0.3) is 55.5 Å². The van der Waals surface area contributed by atoms with E-state index in [0.717, 1.165) is 0 Å². The maximum absolute atomic E-state index is 15.7. The largest absolute Gasteiger partial charge is 0.321 e. The summed E-state index contributed by atoms with van der Waals surface area (Å²) in [4.78, 5) is 61.0. The third-order valence-corrected chi connectivity index (χ3v) is 9.90. The zero-order valence-electron chi connectivity index (χ0n) is 35.5. The summed E-state index contributed by atoms with van der Waals surface area (Å²) in [6.45, 7) is 0. The monoisotopic (exact) mass is 884 g/mol. The molecule has 0 fully saturated rings. The molecule has 9 aromatic rings. The Morgan fingerprint density at radius 3 is 0.844 bits per heavy atom. The van der Waals surface area contributed by atoms with Gasteiger partial charge in [-0.25, -0.2) is 0 Å². The summed E-state index contributed by atoms with van der Waals surface area (Å²) < 4.78 is 21.6. The molecule has 12 heteroatoms. The lowest BCUT2D eigenvalue weighted by Gasteiger charge is -2.10. The van der Waals surface area contributed by atoms with Crippen molar-refractivity contribution in [2.75, 3.05) is 35.7 Å². The summed E-state index contributed by atoms with van der Waals surface area (Å²) in [6.07, 6.45) is 6.56. The number of nitrogens with zero attached hydrogens (tertiary/aromatic N) is 2. The van der Waals surface area contributed by atoms with E-state index in [9.17, 15) is 18.0 Å². The fourth-order valence-electron chi connectivity index (χ4n) is 7.56. The van der Waals surface area contributed by atoms with Crippen molar-refractivity contribution in [3.05, 3.63) is 214 Å². The summed E-state index contributed by atoms with van der Waals surface area (Å²) in [5, 5.41) is 5.97. The number of hydrogen-bond donors (Lipinski definition) is 2. The molecule has 0 aliphatic carbocycles. The van der Waals surface area contributed by atoms with Crippen molar-refractivity contribution in [2.45, 2.75) is 0 Å². The minimum Gasteiger partial charge on any atom is -0.321 e. The summed E-state index contributed by atoms with van der Waals surface area (Å²) in [7, 11) is -1.22. The standard InChI is InChI=1S/C48H32N4O4.2C2H6OS/c53-45(49-35-27-15-5-16-28-35)41-37(31-19-7-1-8-20-31)39(33-23-11-3-12-24-33)43-47(55)52-42(46(54)50-36-29-17-6-18-30-36)38(32-21-9-2-10-22-32)40(34-25-13-4-14-26-34)44(52)48(56)51(41)43;2*1-4(2)3/h1-30H,(H,49,53)(H,50,54);2*1-2H3. The second kappa shape index (κ2) is 20.1. The predicted molar refractivity (Wildman–Crippen MR) is 263 cm³/mol. The zero-order valence-corrected chi connectivity index (χ0v) is 37.1. The molecule has 9 rings (SSSR count). The Balaban J connectivity index is 0.000000709. The molecule has 0 atom stereocenters. The Morgan fingerprint density at radius 1 is 0.375 bits per heavy atom. The smallest absolute Gasteiger partial charge is 0.280 e. The number of fused-ring (bicyclic) bond motifs is 2. The number of rotatable bonds is 8. The summed E-state index contributed by atoms with van der Waals surface area (Å²) >= 11 is 0. The highest BCUT2D eigenvalue weighted by Gasteiger charge is 2.35. The van der Waals surface area contributed by atoms with Crippen LogP contribution in [-0.4, -0.2) is 54.1 Å². The fraction of sp³-hybridized carbons (Fsp3) is 0.0769. The SMILES string of the molecule is CS(C)=O.CS(C)=O.O=C(Nc1ccccc1)c1c(-c2ccccc2)c(-c2ccccc2)c2c(=O)n3c(C(=O)Nc4ccccc4)c(-c4ccccc4)c(-c4ccccc4)c3c(=O)n12. The van der Waals surface area contributed by atoms with Crippen LogP contribution in [0.4, 0.5) is 11.4 Å². The zero-order chi connectivity index (χ0) is 45.3. The number of carbonyl (C=O) groups excluding carboxylic acids is 2. The van der Waals surface area contributed by atoms with Gasteiger partial charge in [-0.1, -0.05) is 158 Å². The predicted octanol–water partition coefficient (Wildman–Crippen LogP) is 9.51. The van der Waals surface area contributed by atoms with Gasteiger partial charge in [0.25, 0.3) is 22.9 Å². The number of carbonyl (C=O) groups is 2. The second-order valence-electron chi connectivity index (χ2n) is 14.8. The summed E-state index contributed by atoms with van der Waals surface area (Å²) in [5.41, 5.74) is 3.80. The first-order chi connectivity index (χ1) is 31.0. The van der Waals surface area contributed by atoms with Crippen LogP contribution in [0.1, 0.15) is 21.0 Å². The Bertz CT molecular complexity index is 3010. The number of benzene rings is 6. The van der Waals surface area contributed by atoms with Crippen molar-refractivity contribution in [3.8, 4) is 44.5 Å². The third-order valence-electron chi connectivity index (χ3n) is 9.90. The van der Waals surface area contributed by atoms with E-state index >= 15 is 9.59 Å². The fourth-order valence-corrected chi connectivity index (χ4v) is 7.56. The molecule has 0 saturated heterocycles. The lowest BCUT2D eigenvalue weighted by atomic mass is 9.95. The molecule has 2 amide bonds. The van der Waals surface area contributed by atoms with Gasteiger partial charge in [0.2, 0.25) is 0 Å². The molecule has 0 aliphatic rings. The molecule has 320 valence electrons. The molecule has 3 aromatic heterocycles. The molecule has 0 aliphatic heterocycles. The first-order valence-electron chi connectivity index (χ1n) is 20.1. The van der Waals surface area contributed by atoms with Crippen LogP contribution in [0.5, 0.6) is 0 Å². The number of para-hydroxylation sites is 2. The number of hydrogen-bond acceptors (Lipinski definition) is 6. The second-order valence-corrected chi connectivity index (χ2v) is 17.7. The van der Waals surface area contributed by atoms with Gasteiger partial charge in [-0.3, -0.25) is 36.4 Å². The molecule has 0 radical (unpaired) electrons. The van der Waals surface area contributed by atoms with E-state index in [2.05, 4.69) is 10.6 Å². The van der Waals surface area contributed by atoms with E-state index in [4.69, 9.17) is 0 Å². The lowest BCUT2D eigenvalue weighted by Crippen LogP contribution is -2.31. The first kappa shape index (κ1) is 44.5. The van der Waals surface area contributed by atoms with E-state index < -0.39 is 44.5 Å². The minimum atomic E-state index is -0.632. The number of nitrogens with one attached hydrogen (secondary N) is 2. The van der Waals surface area contributed by atoms with Gasteiger partial charge in [-0.2, -0.15) is 0 Å². The normalized spacial score (nSPS) is 10.8. The minimum absolute atomic E-state index is 0.00438. The van der Waals surface area contributed by atoms with E-state index in [-0.39, 0.29) is 22.4 Å². The maximum atomic E-state index is 15.7. The van der Waals surface area contributed by atoms with Crippen LogP contribution in [0.15, 0.2) is 192 Å². The molecule has 0 bridgehead atoms. The van der Waals surface area contributed by atoms with Crippen molar-refractivity contribution in [3.63, 3.8) is 0 Å². The highest BCUT2D eigenvalue weighted by molar-refractivity contribution is 7.83. The Kier molecular flexibility index (Phi) is 14.0. The maximum Gasteiger partial charge on any atom is 0.280 e. The molecule has 10 nitrogen and oxygen atoms in total. The molecular formula is C52H44N4O6S2. The average molecular weight is 885 g/mol. The molecule has 0 saturated carbocycles. The summed E-state index contributed by atoms with van der Waals surface area (Å²) in [6, 6.07) is 54.9. The van der Waals surface area contributed by atoms with Gasteiger partial charge in [0.05, 0.1) is 0 Å². The van der Waals surface area contributed by atoms with Crippen LogP contribution in [0.3, 0.4) is 0 Å². The highest BCUT2D eigenvalue weighted by atomic mass is 32.2. The summed E-state index contributed by atoms with van der Waals surface area (Å²) in [5.74, 6) is -1.16. The Hall–Kier alpha value is -7.54. The van der Waals surface area contributed by atoms with Crippen molar-refractivity contribution >= 4 is 55.8 Å². The van der Waals surface area contributed by atoms with E-state index in [1.54, 1.807) is 73.6 Å². The van der Waals surface area contributed by atoms with Crippen molar-refractivity contribution in [1.82, 2.24) is 8.80 Å². The quantitative estimate of drug-likeness (QED) is 0.156. The lowest BCUT2D eigenvalue weighted by molar-refractivity contribution is 0.101. The number of aromatic nitrogens is 2. The Labute approximate surface area is 375 Å². The molecule has 0 spiro atoms. The van der Waals surface area contributed by atoms with Gasteiger partial charge in [0, 0.05) is 80.3 Å². The van der Waals surface area contributed by atoms with Crippen LogP contribution in [-0.2, 0) is 21.6 Å². The highest BCUT2D eigenvalue weighted by Crippen LogP contribution is 2.43. The van der Waals surface area contributed by atoms with E-state index in [1.165, 1.54) is 8.80 Å². The molecular weight excluding hydrogens is 841 g/mol. The van der Waals surface area contributed by atoms with Gasteiger partial charge in [0.1, 0.15) is 22.4 Å². The van der Waals surface area contributed by atoms with Crippen molar-refractivity contribution < 1.29 is 18.0 Å². The Morgan fingerprint density at radius 2 is 0.594 bits per heavy atom. The molecule has 64 heavy (non-hydrogen) atoms. The molecule has 3 heterocycles. The van der Waals surface area contributed by atoms with Gasteiger partial charge in [-0.15, -0.1) is 0 Å². The molecule has 2 N–H and O–H groups in total. The van der Waals surface area contributed by atoms with Crippen LogP contribution in [0, 0.1) is 0 Å². The van der Waals surface area contributed by atoms with Gasteiger partial charge < -0.3 is 10.6 Å². The van der Waals surface area contributed by atoms with Crippen LogP contribution in [0.2, 0.25) is 0 Å². The first-order valence-corrected chi connectivity index (χ1v) is 24.0. The molecule has 0 unspecified atom stereocenters. The van der Waals surface area contributed by atoms with E-state index in [1.807, 2.05) is 133 Å². The van der Waals surface area contributed by atoms with Crippen LogP contribution < -0.4 is 21.8 Å². The average Bonchev–Trinajstić information content (AvgIpc) is 3.86. The van der Waals surface area contributed by atoms with Gasteiger partial charge in [-0.05, 0) is 46.5 Å². The molecule has 6 aromatic carbocycles. The number of anilines is 2. The van der Waals surface area contributed by atoms with Gasteiger partial charge >= 0.3 is 0 Å². The van der Waals surface area contributed by atoms with Crippen LogP contribution >= 0.6 is 0 Å². The number of amides is 2. The third kappa shape index (κ3) is 9.43. The van der Waals surface area contributed by atoms with Crippen molar-refractivity contribution in [2.24, 2.45) is 0 Å². The van der Waals surface area contributed by atoms with Gasteiger partial charge in [0.15, 0.2) is 0 Å².